The van der Waals surface area contributed by atoms with Gasteiger partial charge < -0.3 is 5.32 Å². The van der Waals surface area contributed by atoms with Crippen LogP contribution in [-0.2, 0) is 17.8 Å². The number of halogens is 1. The van der Waals surface area contributed by atoms with Crippen molar-refractivity contribution in [2.75, 3.05) is 11.9 Å². The van der Waals surface area contributed by atoms with Crippen molar-refractivity contribution in [3.8, 4) is 0 Å². The van der Waals surface area contributed by atoms with Gasteiger partial charge in [-0.3, -0.25) is 9.69 Å². The molecule has 1 N–H and O–H groups in total. The third kappa shape index (κ3) is 3.18. The van der Waals surface area contributed by atoms with Gasteiger partial charge in [-0.1, -0.05) is 22.9 Å². The fraction of sp³-hybridized carbons (Fsp3) is 0.533. The lowest BCUT2D eigenvalue weighted by atomic mass is 9.96. The number of rotatable bonds is 3. The van der Waals surface area contributed by atoms with Crippen LogP contribution in [-0.4, -0.2) is 23.4 Å². The molecule has 0 radical (unpaired) electrons. The van der Waals surface area contributed by atoms with E-state index in [0.717, 1.165) is 36.1 Å². The highest BCUT2D eigenvalue weighted by molar-refractivity contribution is 9.10. The Morgan fingerprint density at radius 1 is 1.47 bits per heavy atom. The molecule has 1 aliphatic heterocycles. The fourth-order valence-corrected chi connectivity index (χ4v) is 3.16. The molecule has 0 bridgehead atoms. The van der Waals surface area contributed by atoms with E-state index >= 15 is 0 Å². The summed E-state index contributed by atoms with van der Waals surface area (Å²) in [6.07, 6.45) is 2.19. The Hall–Kier alpha value is -0.870. The molecule has 0 saturated carbocycles. The van der Waals surface area contributed by atoms with E-state index in [2.05, 4.69) is 40.0 Å². The lowest BCUT2D eigenvalue weighted by molar-refractivity contribution is -0.114. The third-order valence-electron chi connectivity index (χ3n) is 3.91. The number of nitrogens with zero attached hydrogens (tertiary/aromatic N) is 1. The van der Waals surface area contributed by atoms with Crippen molar-refractivity contribution in [1.82, 2.24) is 4.90 Å². The minimum absolute atomic E-state index is 0.00909. The minimum atomic E-state index is -0.00909. The largest absolute Gasteiger partial charge is 0.326 e. The topological polar surface area (TPSA) is 32.3 Å². The Bertz CT molecular complexity index is 487. The molecule has 1 unspecified atom stereocenters. The van der Waals surface area contributed by atoms with Gasteiger partial charge in [-0.25, -0.2) is 0 Å². The van der Waals surface area contributed by atoms with E-state index < -0.39 is 0 Å². The second-order valence-electron chi connectivity index (χ2n) is 5.21. The molecule has 1 atom stereocenters. The van der Waals surface area contributed by atoms with Crippen molar-refractivity contribution < 1.29 is 4.79 Å². The predicted octanol–water partition coefficient (Wildman–Crippen LogP) is 3.56. The van der Waals surface area contributed by atoms with Gasteiger partial charge >= 0.3 is 0 Å². The van der Waals surface area contributed by atoms with Crippen LogP contribution in [0.2, 0.25) is 0 Å². The first-order valence-electron chi connectivity index (χ1n) is 6.84. The van der Waals surface area contributed by atoms with Gasteiger partial charge in [0.25, 0.3) is 0 Å². The van der Waals surface area contributed by atoms with Crippen molar-refractivity contribution in [2.45, 2.75) is 46.2 Å². The summed E-state index contributed by atoms with van der Waals surface area (Å²) < 4.78 is 1.15. The monoisotopic (exact) mass is 324 g/mol. The van der Waals surface area contributed by atoms with Gasteiger partial charge in [0.05, 0.1) is 0 Å². The second kappa shape index (κ2) is 6.06. The van der Waals surface area contributed by atoms with Gasteiger partial charge in [-0.2, -0.15) is 0 Å². The standard InChI is InChI=1S/C15H21BrN2O/c1-4-10(2)18-8-7-12-13(9-18)15(17-11(3)19)6-5-14(12)16/h5-6,10H,4,7-9H2,1-3H3,(H,17,19). The SMILES string of the molecule is CCC(C)N1CCc2c(Br)ccc(NC(C)=O)c2C1. The Labute approximate surface area is 123 Å². The molecule has 3 nitrogen and oxygen atoms in total. The predicted molar refractivity (Wildman–Crippen MR) is 82.3 cm³/mol. The maximum Gasteiger partial charge on any atom is 0.221 e. The number of hydrogen-bond acceptors (Lipinski definition) is 2. The zero-order valence-electron chi connectivity index (χ0n) is 11.8. The summed E-state index contributed by atoms with van der Waals surface area (Å²) in [4.78, 5) is 13.8. The van der Waals surface area contributed by atoms with E-state index in [1.165, 1.54) is 11.1 Å². The van der Waals surface area contributed by atoms with Gasteiger partial charge in [0, 0.05) is 36.2 Å². The van der Waals surface area contributed by atoms with Crippen molar-refractivity contribution >= 4 is 27.5 Å². The van der Waals surface area contributed by atoms with Gasteiger partial charge in [-0.15, -0.1) is 0 Å². The van der Waals surface area contributed by atoms with E-state index in [9.17, 15) is 4.79 Å². The molecule has 0 aromatic heterocycles. The minimum Gasteiger partial charge on any atom is -0.326 e. The molecule has 104 valence electrons. The number of nitrogens with one attached hydrogen (secondary N) is 1. The number of hydrogen-bond donors (Lipinski definition) is 1. The van der Waals surface area contributed by atoms with Crippen molar-refractivity contribution in [1.29, 1.82) is 0 Å². The Morgan fingerprint density at radius 2 is 2.21 bits per heavy atom. The molecule has 2 rings (SSSR count). The average Bonchev–Trinajstić information content (AvgIpc) is 2.40. The molecule has 0 spiro atoms. The van der Waals surface area contributed by atoms with E-state index in [4.69, 9.17) is 0 Å². The van der Waals surface area contributed by atoms with Crippen LogP contribution in [0.4, 0.5) is 5.69 Å². The molecule has 1 amide bonds. The van der Waals surface area contributed by atoms with Gasteiger partial charge in [0.1, 0.15) is 0 Å². The molecule has 1 aromatic rings. The second-order valence-corrected chi connectivity index (χ2v) is 6.07. The first kappa shape index (κ1) is 14.5. The van der Waals surface area contributed by atoms with Crippen molar-refractivity contribution in [3.63, 3.8) is 0 Å². The van der Waals surface area contributed by atoms with E-state index in [1.54, 1.807) is 6.92 Å². The summed E-state index contributed by atoms with van der Waals surface area (Å²) in [6, 6.07) is 4.60. The van der Waals surface area contributed by atoms with E-state index in [0.29, 0.717) is 6.04 Å². The Balaban J connectivity index is 2.34. The van der Waals surface area contributed by atoms with Crippen LogP contribution >= 0.6 is 15.9 Å². The molecule has 4 heteroatoms. The quantitative estimate of drug-likeness (QED) is 0.921. The molecule has 0 fully saturated rings. The van der Waals surface area contributed by atoms with Crippen molar-refractivity contribution in [2.24, 2.45) is 0 Å². The summed E-state index contributed by atoms with van der Waals surface area (Å²) in [5.74, 6) is -0.00909. The summed E-state index contributed by atoms with van der Waals surface area (Å²) >= 11 is 3.63. The van der Waals surface area contributed by atoms with Crippen LogP contribution in [0.25, 0.3) is 0 Å². The first-order valence-corrected chi connectivity index (χ1v) is 7.64. The summed E-state index contributed by atoms with van der Waals surface area (Å²) in [5.41, 5.74) is 3.56. The van der Waals surface area contributed by atoms with Gasteiger partial charge in [0.2, 0.25) is 5.91 Å². The highest BCUT2D eigenvalue weighted by Crippen LogP contribution is 2.33. The maximum atomic E-state index is 11.3. The summed E-state index contributed by atoms with van der Waals surface area (Å²) in [7, 11) is 0. The van der Waals surface area contributed by atoms with Crippen LogP contribution in [0, 0.1) is 0 Å². The van der Waals surface area contributed by atoms with Crippen LogP contribution in [0.1, 0.15) is 38.3 Å². The highest BCUT2D eigenvalue weighted by Gasteiger charge is 2.23. The lowest BCUT2D eigenvalue weighted by Gasteiger charge is -2.34. The zero-order valence-corrected chi connectivity index (χ0v) is 13.4. The van der Waals surface area contributed by atoms with Crippen LogP contribution < -0.4 is 5.32 Å². The van der Waals surface area contributed by atoms with Gasteiger partial charge in [-0.05, 0) is 43.0 Å². The van der Waals surface area contributed by atoms with Crippen LogP contribution in [0.5, 0.6) is 0 Å². The fourth-order valence-electron chi connectivity index (χ4n) is 2.59. The number of benzene rings is 1. The van der Waals surface area contributed by atoms with Crippen LogP contribution in [0.15, 0.2) is 16.6 Å². The third-order valence-corrected chi connectivity index (χ3v) is 4.65. The molecule has 19 heavy (non-hydrogen) atoms. The highest BCUT2D eigenvalue weighted by atomic mass is 79.9. The number of fused-ring (bicyclic) bond motifs is 1. The van der Waals surface area contributed by atoms with E-state index in [1.807, 2.05) is 12.1 Å². The number of carbonyl (C=O) groups is 1. The summed E-state index contributed by atoms with van der Waals surface area (Å²) in [6.45, 7) is 8.05. The average molecular weight is 325 g/mol. The van der Waals surface area contributed by atoms with E-state index in [-0.39, 0.29) is 5.91 Å². The Morgan fingerprint density at radius 3 is 2.84 bits per heavy atom. The zero-order chi connectivity index (χ0) is 14.0. The molecule has 0 aliphatic carbocycles. The number of amides is 1. The van der Waals surface area contributed by atoms with Crippen molar-refractivity contribution in [3.05, 3.63) is 27.7 Å². The Kier molecular flexibility index (Phi) is 4.63. The molecule has 1 aliphatic rings. The molecule has 1 heterocycles. The maximum absolute atomic E-state index is 11.3. The molecular formula is C15H21BrN2O. The molecular weight excluding hydrogens is 304 g/mol. The van der Waals surface area contributed by atoms with Gasteiger partial charge in [0.15, 0.2) is 0 Å². The number of carbonyl (C=O) groups excluding carboxylic acids is 1. The van der Waals surface area contributed by atoms with Crippen LogP contribution in [0.3, 0.4) is 0 Å². The first-order chi connectivity index (χ1) is 9.02. The smallest absolute Gasteiger partial charge is 0.221 e. The normalized spacial score (nSPS) is 16.8. The number of anilines is 1. The molecule has 1 aromatic carbocycles. The lowest BCUT2D eigenvalue weighted by Crippen LogP contribution is -2.37. The summed E-state index contributed by atoms with van der Waals surface area (Å²) in [5, 5.41) is 2.95. The molecule has 0 saturated heterocycles.